The van der Waals surface area contributed by atoms with Crippen molar-refractivity contribution in [2.75, 3.05) is 20.3 Å². The van der Waals surface area contributed by atoms with Gasteiger partial charge in [-0.3, -0.25) is 5.43 Å². The summed E-state index contributed by atoms with van der Waals surface area (Å²) in [5, 5.41) is 7.55. The Bertz CT molecular complexity index is 705. The second-order valence-electron chi connectivity index (χ2n) is 5.22. The van der Waals surface area contributed by atoms with Gasteiger partial charge in [0.15, 0.2) is 16.6 Å². The summed E-state index contributed by atoms with van der Waals surface area (Å²) in [6, 6.07) is 15.9. The Labute approximate surface area is 154 Å². The normalized spacial score (nSPS) is 10.5. The fourth-order valence-electron chi connectivity index (χ4n) is 2.17. The maximum Gasteiger partial charge on any atom is 0.186 e. The van der Waals surface area contributed by atoms with Gasteiger partial charge in [-0.15, -0.1) is 0 Å². The number of methoxy groups -OCH3 is 1. The molecule has 6 heteroatoms. The second kappa shape index (κ2) is 10.3. The highest BCUT2D eigenvalue weighted by molar-refractivity contribution is 7.80. The van der Waals surface area contributed by atoms with Gasteiger partial charge in [-0.25, -0.2) is 0 Å². The summed E-state index contributed by atoms with van der Waals surface area (Å²) in [6.07, 6.45) is 2.53. The Morgan fingerprint density at radius 1 is 1.16 bits per heavy atom. The molecule has 0 aliphatic rings. The lowest BCUT2D eigenvalue weighted by Crippen LogP contribution is -2.31. The third kappa shape index (κ3) is 6.43. The van der Waals surface area contributed by atoms with Gasteiger partial charge in [0.05, 0.1) is 19.9 Å². The van der Waals surface area contributed by atoms with E-state index in [2.05, 4.69) is 28.0 Å². The molecule has 2 aromatic carbocycles. The van der Waals surface area contributed by atoms with E-state index in [-0.39, 0.29) is 0 Å². The van der Waals surface area contributed by atoms with Gasteiger partial charge >= 0.3 is 0 Å². The van der Waals surface area contributed by atoms with Gasteiger partial charge in [-0.1, -0.05) is 30.3 Å². The Morgan fingerprint density at radius 2 is 1.96 bits per heavy atom. The van der Waals surface area contributed by atoms with Crippen molar-refractivity contribution in [3.63, 3.8) is 0 Å². The van der Waals surface area contributed by atoms with E-state index in [0.717, 1.165) is 18.5 Å². The molecule has 0 spiro atoms. The largest absolute Gasteiger partial charge is 0.493 e. The molecule has 132 valence electrons. The molecule has 2 N–H and O–H groups in total. The van der Waals surface area contributed by atoms with E-state index in [4.69, 9.17) is 21.7 Å². The highest BCUT2D eigenvalue weighted by Gasteiger charge is 2.05. The number of ether oxygens (including phenoxy) is 2. The molecule has 2 aromatic rings. The zero-order chi connectivity index (χ0) is 17.9. The molecule has 0 unspecified atom stereocenters. The van der Waals surface area contributed by atoms with Crippen LogP contribution in [0.15, 0.2) is 53.6 Å². The van der Waals surface area contributed by atoms with Gasteiger partial charge in [-0.2, -0.15) is 5.10 Å². The summed E-state index contributed by atoms with van der Waals surface area (Å²) in [6.45, 7) is 3.32. The van der Waals surface area contributed by atoms with Gasteiger partial charge in [-0.05, 0) is 48.5 Å². The van der Waals surface area contributed by atoms with Gasteiger partial charge in [0, 0.05) is 13.0 Å². The lowest BCUT2D eigenvalue weighted by Gasteiger charge is -2.11. The van der Waals surface area contributed by atoms with Crippen LogP contribution >= 0.6 is 12.2 Å². The first kappa shape index (κ1) is 18.7. The fourth-order valence-corrected chi connectivity index (χ4v) is 2.37. The molecule has 2 rings (SSSR count). The van der Waals surface area contributed by atoms with Crippen LogP contribution in [0.4, 0.5) is 0 Å². The van der Waals surface area contributed by atoms with Gasteiger partial charge < -0.3 is 14.8 Å². The number of rotatable bonds is 8. The molecule has 25 heavy (non-hydrogen) atoms. The molecule has 5 nitrogen and oxygen atoms in total. The number of nitrogens with zero attached hydrogens (tertiary/aromatic N) is 1. The highest BCUT2D eigenvalue weighted by Crippen LogP contribution is 2.27. The third-order valence-corrected chi connectivity index (χ3v) is 3.63. The van der Waals surface area contributed by atoms with E-state index in [1.807, 2.05) is 43.3 Å². The number of hydrogen-bond donors (Lipinski definition) is 2. The highest BCUT2D eigenvalue weighted by atomic mass is 32.1. The Hall–Kier alpha value is -2.60. The van der Waals surface area contributed by atoms with Crippen molar-refractivity contribution in [3.8, 4) is 11.5 Å². The monoisotopic (exact) mass is 357 g/mol. The van der Waals surface area contributed by atoms with E-state index >= 15 is 0 Å². The topological polar surface area (TPSA) is 54.9 Å². The number of hydrogen-bond acceptors (Lipinski definition) is 4. The Morgan fingerprint density at radius 3 is 2.68 bits per heavy atom. The van der Waals surface area contributed by atoms with E-state index in [1.165, 1.54) is 5.56 Å². The smallest absolute Gasteiger partial charge is 0.186 e. The average molecular weight is 357 g/mol. The molecular formula is C19H23N3O2S. The van der Waals surface area contributed by atoms with Crippen LogP contribution in [0.2, 0.25) is 0 Å². The van der Waals surface area contributed by atoms with Gasteiger partial charge in [0.2, 0.25) is 0 Å². The van der Waals surface area contributed by atoms with Crippen molar-refractivity contribution in [1.29, 1.82) is 0 Å². The molecule has 0 saturated carbocycles. The predicted molar refractivity (Wildman–Crippen MR) is 106 cm³/mol. The van der Waals surface area contributed by atoms with Crippen molar-refractivity contribution in [2.24, 2.45) is 5.10 Å². The van der Waals surface area contributed by atoms with E-state index in [9.17, 15) is 0 Å². The summed E-state index contributed by atoms with van der Waals surface area (Å²) < 4.78 is 11.3. The minimum Gasteiger partial charge on any atom is -0.493 e. The molecule has 0 heterocycles. The first-order valence-corrected chi connectivity index (χ1v) is 8.55. The molecule has 0 aromatic heterocycles. The second-order valence-corrected chi connectivity index (χ2v) is 5.63. The zero-order valence-electron chi connectivity index (χ0n) is 14.5. The van der Waals surface area contributed by atoms with E-state index in [0.29, 0.717) is 23.2 Å². The molecule has 0 amide bonds. The van der Waals surface area contributed by atoms with Crippen molar-refractivity contribution in [2.45, 2.75) is 13.3 Å². The lowest BCUT2D eigenvalue weighted by atomic mass is 10.2. The van der Waals surface area contributed by atoms with Crippen molar-refractivity contribution in [3.05, 3.63) is 59.7 Å². The third-order valence-electron chi connectivity index (χ3n) is 3.40. The standard InChI is InChI=1S/C19H23N3O2S/c1-3-20-19(25)22-21-14-16-9-10-17(18(13-16)23-2)24-12-11-15-7-5-4-6-8-15/h4-10,13-14H,3,11-12H2,1-2H3,(H2,20,22,25). The van der Waals surface area contributed by atoms with Crippen molar-refractivity contribution < 1.29 is 9.47 Å². The van der Waals surface area contributed by atoms with Crippen LogP contribution in [0.3, 0.4) is 0 Å². The van der Waals surface area contributed by atoms with Crippen molar-refractivity contribution >= 4 is 23.5 Å². The number of thiocarbonyl (C=S) groups is 1. The number of nitrogens with one attached hydrogen (secondary N) is 2. The average Bonchev–Trinajstić information content (AvgIpc) is 2.63. The fraction of sp³-hybridized carbons (Fsp3) is 0.263. The van der Waals surface area contributed by atoms with E-state index in [1.54, 1.807) is 13.3 Å². The maximum absolute atomic E-state index is 5.85. The minimum atomic E-state index is 0.492. The van der Waals surface area contributed by atoms with E-state index < -0.39 is 0 Å². The number of benzene rings is 2. The van der Waals surface area contributed by atoms with Gasteiger partial charge in [0.1, 0.15) is 0 Å². The maximum atomic E-state index is 5.85. The summed E-state index contributed by atoms with van der Waals surface area (Å²) in [7, 11) is 1.62. The van der Waals surface area contributed by atoms with Crippen LogP contribution in [-0.2, 0) is 6.42 Å². The first-order valence-electron chi connectivity index (χ1n) is 8.14. The quantitative estimate of drug-likeness (QED) is 0.432. The molecule has 0 saturated heterocycles. The molecule has 0 atom stereocenters. The SMILES string of the molecule is CCNC(=S)NN=Cc1ccc(OCCc2ccccc2)c(OC)c1. The molecule has 0 fully saturated rings. The molecule has 0 aliphatic heterocycles. The lowest BCUT2D eigenvalue weighted by molar-refractivity contribution is 0.297. The summed E-state index contributed by atoms with van der Waals surface area (Å²) in [5.74, 6) is 1.39. The Kier molecular flexibility index (Phi) is 7.72. The predicted octanol–water partition coefficient (Wildman–Crippen LogP) is 3.13. The van der Waals surface area contributed by atoms with Crippen molar-refractivity contribution in [1.82, 2.24) is 10.7 Å². The summed E-state index contributed by atoms with van der Waals surface area (Å²) >= 11 is 5.05. The van der Waals surface area contributed by atoms with Crippen LogP contribution in [0.1, 0.15) is 18.1 Å². The van der Waals surface area contributed by atoms with Crippen LogP contribution in [0.5, 0.6) is 11.5 Å². The number of hydrazone groups is 1. The summed E-state index contributed by atoms with van der Waals surface area (Å²) in [5.41, 5.74) is 4.89. The molecule has 0 aliphatic carbocycles. The first-order chi connectivity index (χ1) is 12.2. The molecular weight excluding hydrogens is 334 g/mol. The van der Waals surface area contributed by atoms with Crippen LogP contribution in [0.25, 0.3) is 0 Å². The molecule has 0 bridgehead atoms. The molecule has 0 radical (unpaired) electrons. The minimum absolute atomic E-state index is 0.492. The van der Waals surface area contributed by atoms with Crippen LogP contribution in [0, 0.1) is 0 Å². The van der Waals surface area contributed by atoms with Gasteiger partial charge in [0.25, 0.3) is 0 Å². The van der Waals surface area contributed by atoms with Crippen LogP contribution < -0.4 is 20.2 Å². The Balaban J connectivity index is 1.92. The zero-order valence-corrected chi connectivity index (χ0v) is 15.3. The van der Waals surface area contributed by atoms with Crippen LogP contribution in [-0.4, -0.2) is 31.6 Å². The summed E-state index contributed by atoms with van der Waals surface area (Å²) in [4.78, 5) is 0.